The maximum Gasteiger partial charge on any atom is 0.306 e. The topological polar surface area (TPSA) is 130 Å². The van der Waals surface area contributed by atoms with Crippen molar-refractivity contribution in [1.29, 1.82) is 0 Å². The van der Waals surface area contributed by atoms with Gasteiger partial charge in [0.2, 0.25) is 0 Å². The normalized spacial score (nSPS) is 37.9. The molecule has 8 nitrogen and oxygen atoms in total. The number of ether oxygens (including phenoxy) is 2. The van der Waals surface area contributed by atoms with Crippen LogP contribution < -0.4 is 0 Å². The molecular formula is C34H52O8. The fraction of sp³-hybridized carbons (Fsp3) is 0.794. The number of esters is 2. The van der Waals surface area contributed by atoms with Crippen molar-refractivity contribution < 1.29 is 39.2 Å². The molecule has 42 heavy (non-hydrogen) atoms. The molecule has 8 heteroatoms. The van der Waals surface area contributed by atoms with Gasteiger partial charge in [0.15, 0.2) is 5.78 Å². The number of ketones is 1. The van der Waals surface area contributed by atoms with Crippen LogP contribution in [-0.2, 0) is 23.9 Å². The van der Waals surface area contributed by atoms with Gasteiger partial charge >= 0.3 is 11.9 Å². The predicted octanol–water partition coefficient (Wildman–Crippen LogP) is 4.97. The Morgan fingerprint density at radius 1 is 1.00 bits per heavy atom. The van der Waals surface area contributed by atoms with E-state index in [-0.39, 0.29) is 25.4 Å². The fourth-order valence-corrected chi connectivity index (χ4v) is 8.93. The van der Waals surface area contributed by atoms with Gasteiger partial charge in [0.25, 0.3) is 0 Å². The standard InChI is InChI=1S/C34H52O8/c1-7-8-9-10-11-12-13-14-15-16-27(37)42-34-28(31(34,5)6)25-18-24(20-35)19-32(40)26(17-21(2)29(32)38)33(25,41-23(4)36)22(3)30(34)39/h17-18,22,25-26,28,30,35,39-40H,7-16,19-20H2,1-6H3/t22-,25+,26-,28-,30-,32-,33-,34-/m1/s1. The Morgan fingerprint density at radius 3 is 2.17 bits per heavy atom. The highest BCUT2D eigenvalue weighted by molar-refractivity contribution is 6.05. The SMILES string of the molecule is CCCCCCCCCCCC(=O)O[C@@]12[C@H](O)[C@@H](C)[C@@]3(OC(C)=O)[C@@H](C=C(CO)C[C@]4(O)C(=O)C(C)=C[C@@H]34)[C@@H]1C2(C)C. The summed E-state index contributed by atoms with van der Waals surface area (Å²) in [5, 5.41) is 34.2. The summed E-state index contributed by atoms with van der Waals surface area (Å²) in [6.07, 6.45) is 12.6. The molecule has 0 unspecified atom stereocenters. The molecule has 0 aromatic rings. The zero-order valence-corrected chi connectivity index (χ0v) is 26.4. The molecular weight excluding hydrogens is 536 g/mol. The van der Waals surface area contributed by atoms with Gasteiger partial charge in [0.05, 0.1) is 12.5 Å². The lowest BCUT2D eigenvalue weighted by Gasteiger charge is -2.54. The molecule has 0 spiro atoms. The van der Waals surface area contributed by atoms with Gasteiger partial charge in [0, 0.05) is 42.9 Å². The molecule has 4 rings (SSSR count). The number of carbonyl (C=O) groups is 3. The van der Waals surface area contributed by atoms with E-state index in [2.05, 4.69) is 6.92 Å². The van der Waals surface area contributed by atoms with Gasteiger partial charge in [-0.05, 0) is 24.5 Å². The average Bonchev–Trinajstić information content (AvgIpc) is 3.36. The van der Waals surface area contributed by atoms with E-state index in [0.29, 0.717) is 11.1 Å². The van der Waals surface area contributed by atoms with Crippen LogP contribution in [0.3, 0.4) is 0 Å². The second-order valence-electron chi connectivity index (χ2n) is 14.0. The summed E-state index contributed by atoms with van der Waals surface area (Å²) in [5.74, 6) is -4.25. The molecule has 4 aliphatic carbocycles. The van der Waals surface area contributed by atoms with E-state index in [1.165, 1.54) is 39.0 Å². The summed E-state index contributed by atoms with van der Waals surface area (Å²) in [6, 6.07) is 0. The number of rotatable bonds is 13. The van der Waals surface area contributed by atoms with Crippen molar-refractivity contribution in [2.75, 3.05) is 6.61 Å². The molecule has 0 bridgehead atoms. The molecule has 0 amide bonds. The van der Waals surface area contributed by atoms with Gasteiger partial charge in [-0.25, -0.2) is 0 Å². The maximum absolute atomic E-state index is 13.3. The van der Waals surface area contributed by atoms with Crippen molar-refractivity contribution in [1.82, 2.24) is 0 Å². The van der Waals surface area contributed by atoms with E-state index in [0.717, 1.165) is 25.7 Å². The number of hydrogen-bond acceptors (Lipinski definition) is 8. The van der Waals surface area contributed by atoms with Crippen LogP contribution >= 0.6 is 0 Å². The Hall–Kier alpha value is -2.03. The number of unbranched alkanes of at least 4 members (excludes halogenated alkanes) is 8. The lowest BCUT2D eigenvalue weighted by Crippen LogP contribution is -2.67. The van der Waals surface area contributed by atoms with Crippen LogP contribution in [0, 0.1) is 29.1 Å². The molecule has 236 valence electrons. The molecule has 8 atom stereocenters. The first-order valence-corrected chi connectivity index (χ1v) is 16.1. The number of Topliss-reactive ketones (excluding diaryl/α,β-unsaturated/α-hetero) is 1. The summed E-state index contributed by atoms with van der Waals surface area (Å²) in [7, 11) is 0. The molecule has 2 saturated carbocycles. The number of hydrogen-bond donors (Lipinski definition) is 3. The molecule has 0 aromatic heterocycles. The zero-order valence-electron chi connectivity index (χ0n) is 26.4. The molecule has 2 fully saturated rings. The molecule has 0 radical (unpaired) electrons. The Labute approximate surface area is 250 Å². The van der Waals surface area contributed by atoms with Crippen LogP contribution in [0.4, 0.5) is 0 Å². The van der Waals surface area contributed by atoms with Crippen LogP contribution in [0.2, 0.25) is 0 Å². The van der Waals surface area contributed by atoms with Crippen LogP contribution in [0.1, 0.15) is 112 Å². The summed E-state index contributed by atoms with van der Waals surface area (Å²) in [4.78, 5) is 39.3. The highest BCUT2D eigenvalue weighted by Crippen LogP contribution is 2.77. The first kappa shape index (κ1) is 32.9. The largest absolute Gasteiger partial charge is 0.457 e. The van der Waals surface area contributed by atoms with Crippen molar-refractivity contribution in [3.63, 3.8) is 0 Å². The van der Waals surface area contributed by atoms with Crippen molar-refractivity contribution >= 4 is 17.7 Å². The Balaban J connectivity index is 1.59. The summed E-state index contributed by atoms with van der Waals surface area (Å²) in [5.41, 5.74) is -4.52. The first-order chi connectivity index (χ1) is 19.7. The second kappa shape index (κ2) is 12.2. The molecule has 0 heterocycles. The smallest absolute Gasteiger partial charge is 0.306 e. The minimum atomic E-state index is -1.93. The Morgan fingerprint density at radius 2 is 1.60 bits per heavy atom. The zero-order chi connectivity index (χ0) is 31.1. The quantitative estimate of drug-likeness (QED) is 0.156. The summed E-state index contributed by atoms with van der Waals surface area (Å²) in [6.45, 7) is 10.3. The first-order valence-electron chi connectivity index (χ1n) is 16.1. The third-order valence-corrected chi connectivity index (χ3v) is 11.0. The lowest BCUT2D eigenvalue weighted by molar-refractivity contribution is -0.234. The molecule has 0 saturated heterocycles. The van der Waals surface area contributed by atoms with Crippen LogP contribution in [0.15, 0.2) is 23.3 Å². The number of fused-ring (bicyclic) bond motifs is 5. The third kappa shape index (κ3) is 5.09. The minimum absolute atomic E-state index is 0.109. The van der Waals surface area contributed by atoms with E-state index in [1.54, 1.807) is 26.0 Å². The van der Waals surface area contributed by atoms with E-state index in [1.807, 2.05) is 13.8 Å². The molecule has 4 aliphatic rings. The Bertz CT molecular complexity index is 1120. The van der Waals surface area contributed by atoms with Crippen LogP contribution in [0.25, 0.3) is 0 Å². The molecule has 3 N–H and O–H groups in total. The van der Waals surface area contributed by atoms with Gasteiger partial charge in [-0.1, -0.05) is 91.2 Å². The average molecular weight is 589 g/mol. The van der Waals surface area contributed by atoms with Gasteiger partial charge < -0.3 is 24.8 Å². The minimum Gasteiger partial charge on any atom is -0.457 e. The molecule has 0 aromatic carbocycles. The van der Waals surface area contributed by atoms with Crippen LogP contribution in [0.5, 0.6) is 0 Å². The van der Waals surface area contributed by atoms with E-state index in [4.69, 9.17) is 9.47 Å². The van der Waals surface area contributed by atoms with Gasteiger partial charge in [-0.2, -0.15) is 0 Å². The third-order valence-electron chi connectivity index (χ3n) is 11.0. The van der Waals surface area contributed by atoms with Gasteiger partial charge in [0.1, 0.15) is 22.9 Å². The summed E-state index contributed by atoms with van der Waals surface area (Å²) < 4.78 is 12.4. The lowest BCUT2D eigenvalue weighted by atomic mass is 9.58. The van der Waals surface area contributed by atoms with E-state index >= 15 is 0 Å². The second-order valence-corrected chi connectivity index (χ2v) is 14.0. The van der Waals surface area contributed by atoms with Crippen molar-refractivity contribution in [2.24, 2.45) is 29.1 Å². The van der Waals surface area contributed by atoms with E-state index < -0.39 is 63.7 Å². The maximum atomic E-state index is 13.3. The van der Waals surface area contributed by atoms with Crippen molar-refractivity contribution in [3.05, 3.63) is 23.3 Å². The highest BCUT2D eigenvalue weighted by atomic mass is 16.6. The molecule has 0 aliphatic heterocycles. The van der Waals surface area contributed by atoms with Crippen molar-refractivity contribution in [3.8, 4) is 0 Å². The van der Waals surface area contributed by atoms with Gasteiger partial charge in [-0.3, -0.25) is 14.4 Å². The number of aliphatic hydroxyl groups excluding tert-OH is 2. The Kier molecular flexibility index (Phi) is 9.52. The van der Waals surface area contributed by atoms with Crippen molar-refractivity contribution in [2.45, 2.75) is 135 Å². The monoisotopic (exact) mass is 588 g/mol. The number of carbonyl (C=O) groups excluding carboxylic acids is 3. The summed E-state index contributed by atoms with van der Waals surface area (Å²) >= 11 is 0. The van der Waals surface area contributed by atoms with E-state index in [9.17, 15) is 29.7 Å². The number of aliphatic hydroxyl groups is 3. The highest BCUT2D eigenvalue weighted by Gasteiger charge is 2.87. The predicted molar refractivity (Wildman–Crippen MR) is 158 cm³/mol. The fourth-order valence-electron chi connectivity index (χ4n) is 8.93. The van der Waals surface area contributed by atoms with Gasteiger partial charge in [-0.15, -0.1) is 0 Å². The van der Waals surface area contributed by atoms with Crippen LogP contribution in [-0.4, -0.2) is 62.6 Å².